The van der Waals surface area contributed by atoms with Gasteiger partial charge in [-0.25, -0.2) is 4.39 Å². The Balaban J connectivity index is 2.31. The second-order valence-electron chi connectivity index (χ2n) is 5.15. The highest BCUT2D eigenvalue weighted by Gasteiger charge is 2.13. The molecule has 1 aromatic carbocycles. The van der Waals surface area contributed by atoms with E-state index in [4.69, 9.17) is 5.11 Å². The predicted molar refractivity (Wildman–Crippen MR) is 81.7 cm³/mol. The summed E-state index contributed by atoms with van der Waals surface area (Å²) in [6.45, 7) is 3.01. The number of halogens is 1. The molecule has 3 nitrogen and oxygen atoms in total. The van der Waals surface area contributed by atoms with Crippen LogP contribution >= 0.6 is 0 Å². The number of benzene rings is 1. The van der Waals surface area contributed by atoms with Crippen molar-refractivity contribution in [3.8, 4) is 11.3 Å². The van der Waals surface area contributed by atoms with Gasteiger partial charge in [0.15, 0.2) is 0 Å². The molecule has 21 heavy (non-hydrogen) atoms. The highest BCUT2D eigenvalue weighted by Crippen LogP contribution is 2.24. The minimum atomic E-state index is -0.540. The molecule has 112 valence electrons. The smallest absolute Gasteiger partial charge is 0.516 e. The number of aromatic nitrogens is 1. The molecule has 1 heterocycles. The third-order valence-corrected chi connectivity index (χ3v) is 3.55. The number of nitrogens with zero attached hydrogens (tertiary/aromatic N) is 1. The molecule has 0 saturated carbocycles. The molecule has 0 fully saturated rings. The van der Waals surface area contributed by atoms with E-state index in [9.17, 15) is 9.18 Å². The van der Waals surface area contributed by atoms with Crippen molar-refractivity contribution in [2.24, 2.45) is 0 Å². The zero-order valence-electron chi connectivity index (χ0n) is 12.2. The molecule has 0 radical (unpaired) electrons. The van der Waals surface area contributed by atoms with Crippen LogP contribution in [0.3, 0.4) is 0 Å². The van der Waals surface area contributed by atoms with E-state index in [-0.39, 0.29) is 12.2 Å². The fourth-order valence-electron chi connectivity index (χ4n) is 2.42. The molecule has 0 unspecified atom stereocenters. The van der Waals surface area contributed by atoms with Crippen LogP contribution in [-0.2, 0) is 17.8 Å². The molecular formula is C17H21FNO2+. The van der Waals surface area contributed by atoms with Crippen molar-refractivity contribution in [1.82, 2.24) is 4.57 Å². The molecule has 2 aromatic rings. The first kappa shape index (κ1) is 15.3. The van der Waals surface area contributed by atoms with Crippen LogP contribution in [0.1, 0.15) is 31.9 Å². The largest absolute Gasteiger partial charge is 0.565 e. The third kappa shape index (κ3) is 3.94. The molecule has 0 saturated heterocycles. The van der Waals surface area contributed by atoms with E-state index in [1.54, 1.807) is 12.1 Å². The summed E-state index contributed by atoms with van der Waals surface area (Å²) in [4.78, 5) is 10.9. The predicted octanol–water partition coefficient (Wildman–Crippen LogP) is 3.28. The number of unbranched alkanes of at least 4 members (excludes halogenated alkanes) is 1. The van der Waals surface area contributed by atoms with Crippen molar-refractivity contribution in [3.63, 3.8) is 0 Å². The SMILES string of the molecule is CCCCn1c(CCC(=O)[OH2+])ccc1-c1ccc(F)cc1. The minimum absolute atomic E-state index is 0.235. The summed E-state index contributed by atoms with van der Waals surface area (Å²) < 4.78 is 15.2. The number of hydrogen-bond donors (Lipinski definition) is 0. The molecule has 0 aliphatic carbocycles. The Morgan fingerprint density at radius 1 is 1.19 bits per heavy atom. The van der Waals surface area contributed by atoms with Gasteiger partial charge in [0, 0.05) is 29.1 Å². The summed E-state index contributed by atoms with van der Waals surface area (Å²) in [5.74, 6) is -0.785. The van der Waals surface area contributed by atoms with Gasteiger partial charge >= 0.3 is 5.97 Å². The number of hydrogen-bond acceptors (Lipinski definition) is 1. The highest BCUT2D eigenvalue weighted by atomic mass is 19.1. The van der Waals surface area contributed by atoms with Crippen LogP contribution in [0.4, 0.5) is 4.39 Å². The monoisotopic (exact) mass is 290 g/mol. The molecule has 0 spiro atoms. The van der Waals surface area contributed by atoms with Gasteiger partial charge in [-0.1, -0.05) is 13.3 Å². The Kier molecular flexibility index (Phi) is 5.14. The third-order valence-electron chi connectivity index (χ3n) is 3.55. The van der Waals surface area contributed by atoms with Gasteiger partial charge in [-0.3, -0.25) is 0 Å². The Morgan fingerprint density at radius 2 is 1.90 bits per heavy atom. The maximum absolute atomic E-state index is 13.1. The van der Waals surface area contributed by atoms with Crippen molar-refractivity contribution in [2.45, 2.75) is 39.2 Å². The van der Waals surface area contributed by atoms with Crippen LogP contribution in [0.2, 0.25) is 0 Å². The quantitative estimate of drug-likeness (QED) is 0.722. The number of aryl methyl sites for hydroxylation is 1. The van der Waals surface area contributed by atoms with E-state index in [2.05, 4.69) is 11.5 Å². The van der Waals surface area contributed by atoms with Gasteiger partial charge in [0.1, 0.15) is 12.2 Å². The summed E-state index contributed by atoms with van der Waals surface area (Å²) in [5.41, 5.74) is 3.07. The zero-order valence-corrected chi connectivity index (χ0v) is 12.2. The lowest BCUT2D eigenvalue weighted by Crippen LogP contribution is -2.07. The molecule has 1 aromatic heterocycles. The van der Waals surface area contributed by atoms with Gasteiger partial charge in [-0.15, -0.1) is 0 Å². The Bertz CT molecular complexity index is 602. The van der Waals surface area contributed by atoms with Crippen molar-refractivity contribution in [3.05, 3.63) is 47.9 Å². The van der Waals surface area contributed by atoms with E-state index in [1.807, 2.05) is 12.1 Å². The maximum atomic E-state index is 13.1. The van der Waals surface area contributed by atoms with Crippen molar-refractivity contribution < 1.29 is 14.3 Å². The summed E-state index contributed by atoms with van der Waals surface area (Å²) in [6.07, 6.45) is 2.94. The molecule has 0 aliphatic rings. The molecule has 0 bridgehead atoms. The number of rotatable bonds is 7. The standard InChI is InChI=1S/C17H20FNO2/c1-2-3-12-19-15(9-11-17(20)21)8-10-16(19)13-4-6-14(18)7-5-13/h4-8,10H,2-3,9,11-12H2,1H3,(H,20,21)/p+1. The summed E-state index contributed by atoms with van der Waals surface area (Å²) in [6, 6.07) is 10.5. The molecule has 0 aliphatic heterocycles. The fraction of sp³-hybridized carbons (Fsp3) is 0.353. The van der Waals surface area contributed by atoms with Crippen LogP contribution in [-0.4, -0.2) is 15.6 Å². The first-order valence-electron chi connectivity index (χ1n) is 7.30. The number of carbonyl (C=O) groups excluding carboxylic acids is 1. The molecule has 2 N–H and O–H groups in total. The normalized spacial score (nSPS) is 10.8. The fourth-order valence-corrected chi connectivity index (χ4v) is 2.42. The lowest BCUT2D eigenvalue weighted by molar-refractivity contribution is -0.136. The highest BCUT2D eigenvalue weighted by molar-refractivity contribution is 5.67. The number of carbonyl (C=O) groups is 1. The minimum Gasteiger partial charge on any atom is -0.565 e. The topological polar surface area (TPSA) is 44.9 Å². The van der Waals surface area contributed by atoms with Gasteiger partial charge in [-0.2, -0.15) is 0 Å². The summed E-state index contributed by atoms with van der Waals surface area (Å²) in [7, 11) is 0. The zero-order chi connectivity index (χ0) is 15.2. The Hall–Kier alpha value is -2.10. The van der Waals surface area contributed by atoms with Crippen molar-refractivity contribution in [1.29, 1.82) is 0 Å². The van der Waals surface area contributed by atoms with Gasteiger partial charge < -0.3 is 9.67 Å². The first-order valence-corrected chi connectivity index (χ1v) is 7.30. The molecule has 0 atom stereocenters. The molecule has 4 heteroatoms. The molecular weight excluding hydrogens is 269 g/mol. The van der Waals surface area contributed by atoms with Gasteiger partial charge in [0.05, 0.1) is 0 Å². The van der Waals surface area contributed by atoms with Gasteiger partial charge in [-0.05, 0) is 48.4 Å². The van der Waals surface area contributed by atoms with E-state index in [0.717, 1.165) is 36.3 Å². The van der Waals surface area contributed by atoms with Crippen LogP contribution < -0.4 is 0 Å². The molecule has 0 amide bonds. The maximum Gasteiger partial charge on any atom is 0.516 e. The van der Waals surface area contributed by atoms with Crippen LogP contribution in [0, 0.1) is 5.82 Å². The van der Waals surface area contributed by atoms with Crippen molar-refractivity contribution in [2.75, 3.05) is 0 Å². The lowest BCUT2D eigenvalue weighted by atomic mass is 10.1. The Morgan fingerprint density at radius 3 is 2.52 bits per heavy atom. The van der Waals surface area contributed by atoms with Crippen LogP contribution in [0.5, 0.6) is 0 Å². The summed E-state index contributed by atoms with van der Waals surface area (Å²) in [5, 5.41) is 7.04. The summed E-state index contributed by atoms with van der Waals surface area (Å²) >= 11 is 0. The van der Waals surface area contributed by atoms with Gasteiger partial charge in [0.25, 0.3) is 0 Å². The van der Waals surface area contributed by atoms with Crippen molar-refractivity contribution >= 4 is 5.97 Å². The van der Waals surface area contributed by atoms with E-state index in [0.29, 0.717) is 6.42 Å². The Labute approximate surface area is 124 Å². The molecule has 2 rings (SSSR count). The van der Waals surface area contributed by atoms with Crippen LogP contribution in [0.15, 0.2) is 36.4 Å². The van der Waals surface area contributed by atoms with E-state index >= 15 is 0 Å². The second-order valence-corrected chi connectivity index (χ2v) is 5.15. The van der Waals surface area contributed by atoms with E-state index < -0.39 is 5.97 Å². The van der Waals surface area contributed by atoms with Crippen LogP contribution in [0.25, 0.3) is 11.3 Å². The van der Waals surface area contributed by atoms with E-state index in [1.165, 1.54) is 12.1 Å². The lowest BCUT2D eigenvalue weighted by Gasteiger charge is -2.13. The average molecular weight is 290 g/mol. The average Bonchev–Trinajstić information content (AvgIpc) is 2.86. The first-order chi connectivity index (χ1) is 10.1. The van der Waals surface area contributed by atoms with Gasteiger partial charge in [0.2, 0.25) is 0 Å². The second kappa shape index (κ2) is 7.07.